The van der Waals surface area contributed by atoms with Gasteiger partial charge in [0.15, 0.2) is 0 Å². The molecule has 0 saturated carbocycles. The van der Waals surface area contributed by atoms with Crippen LogP contribution < -0.4 is 9.47 Å². The quantitative estimate of drug-likeness (QED) is 0.249. The van der Waals surface area contributed by atoms with Crippen LogP contribution in [0.5, 0.6) is 11.5 Å². The maximum atomic E-state index is 13.6. The summed E-state index contributed by atoms with van der Waals surface area (Å²) in [5.41, 5.74) is -2.99. The van der Waals surface area contributed by atoms with Gasteiger partial charge in [0.25, 0.3) is 0 Å². The lowest BCUT2D eigenvalue weighted by molar-refractivity contribution is -0.139. The first-order chi connectivity index (χ1) is 15.0. The monoisotopic (exact) mass is 458 g/mol. The Hall–Kier alpha value is -3.23. The van der Waals surface area contributed by atoms with Crippen LogP contribution in [0.1, 0.15) is 48.9 Å². The SMILES string of the molecule is CC/C=C/c1cccc(OC(=O)Oc2cccc(/C=C/CC)c2C(F)(F)F)c1C(F)(F)F. The van der Waals surface area contributed by atoms with Crippen LogP contribution >= 0.6 is 0 Å². The van der Waals surface area contributed by atoms with Crippen molar-refractivity contribution in [2.75, 3.05) is 0 Å². The number of rotatable bonds is 6. The van der Waals surface area contributed by atoms with Crippen LogP contribution in [-0.2, 0) is 12.4 Å². The molecule has 0 fully saturated rings. The van der Waals surface area contributed by atoms with E-state index < -0.39 is 41.1 Å². The van der Waals surface area contributed by atoms with Gasteiger partial charge in [0, 0.05) is 0 Å². The maximum Gasteiger partial charge on any atom is 0.519 e. The summed E-state index contributed by atoms with van der Waals surface area (Å²) in [6, 6.07) is 6.59. The topological polar surface area (TPSA) is 35.5 Å². The van der Waals surface area contributed by atoms with Crippen molar-refractivity contribution in [1.82, 2.24) is 0 Å². The van der Waals surface area contributed by atoms with Gasteiger partial charge in [-0.15, -0.1) is 0 Å². The van der Waals surface area contributed by atoms with Crippen molar-refractivity contribution < 1.29 is 40.6 Å². The zero-order chi connectivity index (χ0) is 23.9. The number of carbonyl (C=O) groups excluding carboxylic acids is 1. The van der Waals surface area contributed by atoms with Gasteiger partial charge >= 0.3 is 18.5 Å². The van der Waals surface area contributed by atoms with Crippen molar-refractivity contribution in [2.45, 2.75) is 39.0 Å². The molecule has 0 aliphatic heterocycles. The predicted molar refractivity (Wildman–Crippen MR) is 108 cm³/mol. The average molecular weight is 458 g/mol. The van der Waals surface area contributed by atoms with E-state index in [1.165, 1.54) is 48.6 Å². The molecule has 0 aliphatic carbocycles. The van der Waals surface area contributed by atoms with Gasteiger partial charge in [0.1, 0.15) is 22.6 Å². The molecule has 2 rings (SSSR count). The van der Waals surface area contributed by atoms with E-state index in [1.54, 1.807) is 13.8 Å². The van der Waals surface area contributed by atoms with E-state index in [9.17, 15) is 31.1 Å². The van der Waals surface area contributed by atoms with E-state index in [-0.39, 0.29) is 11.1 Å². The molecule has 0 heterocycles. The van der Waals surface area contributed by atoms with E-state index in [4.69, 9.17) is 0 Å². The van der Waals surface area contributed by atoms with Crippen molar-refractivity contribution in [3.63, 3.8) is 0 Å². The fraction of sp³-hybridized carbons (Fsp3) is 0.261. The van der Waals surface area contributed by atoms with Gasteiger partial charge in [-0.05, 0) is 36.1 Å². The molecule has 0 spiro atoms. The lowest BCUT2D eigenvalue weighted by Crippen LogP contribution is -2.20. The Kier molecular flexibility index (Phi) is 8.13. The molecule has 0 N–H and O–H groups in total. The molecule has 2 aromatic rings. The number of allylic oxidation sites excluding steroid dienone is 2. The minimum Gasteiger partial charge on any atom is -0.394 e. The molecule has 0 radical (unpaired) electrons. The average Bonchev–Trinajstić information content (AvgIpc) is 2.68. The molecule has 0 saturated heterocycles. The highest BCUT2D eigenvalue weighted by atomic mass is 19.4. The van der Waals surface area contributed by atoms with Crippen molar-refractivity contribution in [1.29, 1.82) is 0 Å². The van der Waals surface area contributed by atoms with Crippen LogP contribution in [-0.4, -0.2) is 6.16 Å². The van der Waals surface area contributed by atoms with Crippen molar-refractivity contribution in [3.8, 4) is 11.5 Å². The molecule has 3 nitrogen and oxygen atoms in total. The number of hydrogen-bond acceptors (Lipinski definition) is 3. The standard InChI is InChI=1S/C23H20F6O3/c1-3-5-9-15-11-7-13-17(19(15)22(24,25)26)31-21(30)32-18-14-8-12-16(10-6-4-2)20(18)23(27,28)29/h5-14H,3-4H2,1-2H3/b9-5+,10-6+. The number of hydrogen-bond donors (Lipinski definition) is 0. The van der Waals surface area contributed by atoms with Crippen LogP contribution in [0.4, 0.5) is 31.1 Å². The molecule has 0 atom stereocenters. The fourth-order valence-corrected chi connectivity index (χ4v) is 2.84. The molecule has 0 aliphatic rings. The van der Waals surface area contributed by atoms with Gasteiger partial charge in [-0.2, -0.15) is 26.3 Å². The van der Waals surface area contributed by atoms with E-state index >= 15 is 0 Å². The number of carbonyl (C=O) groups is 1. The Labute approximate surface area is 181 Å². The minimum absolute atomic E-state index is 0.257. The summed E-state index contributed by atoms with van der Waals surface area (Å²) in [6.45, 7) is 3.45. The molecule has 0 unspecified atom stereocenters. The highest BCUT2D eigenvalue weighted by molar-refractivity contribution is 5.71. The zero-order valence-electron chi connectivity index (χ0n) is 17.2. The molecule has 0 bridgehead atoms. The summed E-state index contributed by atoms with van der Waals surface area (Å²) in [5.74, 6) is -1.76. The van der Waals surface area contributed by atoms with E-state index in [0.29, 0.717) is 12.8 Å². The highest BCUT2D eigenvalue weighted by Gasteiger charge is 2.39. The summed E-state index contributed by atoms with van der Waals surface area (Å²) in [7, 11) is 0. The molecule has 9 heteroatoms. The molecule has 0 aromatic heterocycles. The van der Waals surface area contributed by atoms with Crippen LogP contribution in [0.15, 0.2) is 48.6 Å². The Bertz CT molecular complexity index is 924. The Morgan fingerprint density at radius 1 is 0.750 bits per heavy atom. The summed E-state index contributed by atoms with van der Waals surface area (Å²) >= 11 is 0. The van der Waals surface area contributed by atoms with E-state index in [0.717, 1.165) is 12.1 Å². The summed E-state index contributed by atoms with van der Waals surface area (Å²) in [4.78, 5) is 12.2. The van der Waals surface area contributed by atoms with Crippen LogP contribution in [0.2, 0.25) is 0 Å². The second kappa shape index (κ2) is 10.4. The third-order valence-corrected chi connectivity index (χ3v) is 4.14. The Balaban J connectivity index is 2.43. The molecule has 172 valence electrons. The first-order valence-electron chi connectivity index (χ1n) is 9.62. The van der Waals surface area contributed by atoms with Crippen LogP contribution in [0, 0.1) is 0 Å². The number of halogens is 6. The Morgan fingerprint density at radius 2 is 1.12 bits per heavy atom. The maximum absolute atomic E-state index is 13.6. The number of alkyl halides is 6. The summed E-state index contributed by atoms with van der Waals surface area (Å²) in [5, 5.41) is 0. The third-order valence-electron chi connectivity index (χ3n) is 4.14. The van der Waals surface area contributed by atoms with Gasteiger partial charge in [-0.25, -0.2) is 4.79 Å². The lowest BCUT2D eigenvalue weighted by atomic mass is 10.0. The second-order valence-electron chi connectivity index (χ2n) is 6.51. The molecular weight excluding hydrogens is 438 g/mol. The molecule has 32 heavy (non-hydrogen) atoms. The zero-order valence-corrected chi connectivity index (χ0v) is 17.2. The number of ether oxygens (including phenoxy) is 2. The van der Waals surface area contributed by atoms with Gasteiger partial charge < -0.3 is 9.47 Å². The van der Waals surface area contributed by atoms with Crippen molar-refractivity contribution in [2.24, 2.45) is 0 Å². The van der Waals surface area contributed by atoms with Gasteiger partial charge in [0.05, 0.1) is 0 Å². The largest absolute Gasteiger partial charge is 0.519 e. The van der Waals surface area contributed by atoms with E-state index in [1.807, 2.05) is 0 Å². The molecular formula is C23H20F6O3. The van der Waals surface area contributed by atoms with Crippen molar-refractivity contribution >= 4 is 18.3 Å². The Morgan fingerprint density at radius 3 is 1.44 bits per heavy atom. The predicted octanol–water partition coefficient (Wildman–Crippen LogP) is 8.15. The minimum atomic E-state index is -4.88. The van der Waals surface area contributed by atoms with Gasteiger partial charge in [0.2, 0.25) is 0 Å². The summed E-state index contributed by atoms with van der Waals surface area (Å²) in [6.07, 6.45) is -5.16. The van der Waals surface area contributed by atoms with E-state index in [2.05, 4.69) is 9.47 Å². The smallest absolute Gasteiger partial charge is 0.394 e. The van der Waals surface area contributed by atoms with Gasteiger partial charge in [-0.1, -0.05) is 62.4 Å². The normalized spacial score (nSPS) is 12.5. The van der Waals surface area contributed by atoms with Crippen LogP contribution in [0.3, 0.4) is 0 Å². The molecule has 2 aromatic carbocycles. The third kappa shape index (κ3) is 6.38. The van der Waals surface area contributed by atoms with Crippen LogP contribution in [0.25, 0.3) is 12.2 Å². The highest BCUT2D eigenvalue weighted by Crippen LogP contribution is 2.41. The fourth-order valence-electron chi connectivity index (χ4n) is 2.84. The molecule has 0 amide bonds. The van der Waals surface area contributed by atoms with Crippen molar-refractivity contribution in [3.05, 3.63) is 70.8 Å². The first-order valence-corrected chi connectivity index (χ1v) is 9.62. The summed E-state index contributed by atoms with van der Waals surface area (Å²) < 4.78 is 90.9. The second-order valence-corrected chi connectivity index (χ2v) is 6.51. The number of benzene rings is 2. The first kappa shape index (κ1) is 25.0. The van der Waals surface area contributed by atoms with Gasteiger partial charge in [-0.3, -0.25) is 0 Å². The lowest BCUT2D eigenvalue weighted by Gasteiger charge is -2.17.